The molecule has 2 N–H and O–H groups in total. The Morgan fingerprint density at radius 2 is 1.96 bits per heavy atom. The predicted octanol–water partition coefficient (Wildman–Crippen LogP) is 1.37. The lowest BCUT2D eigenvalue weighted by Gasteiger charge is -2.35. The Bertz CT molecular complexity index is 705. The third-order valence-corrected chi connectivity index (χ3v) is 5.16. The summed E-state index contributed by atoms with van der Waals surface area (Å²) in [5.41, 5.74) is 1.09. The molecular formula is C19H25F3N4O2. The first kappa shape index (κ1) is 20.6. The monoisotopic (exact) mass is 398 g/mol. The van der Waals surface area contributed by atoms with E-state index < -0.39 is 24.7 Å². The van der Waals surface area contributed by atoms with Crippen molar-refractivity contribution in [1.29, 1.82) is 0 Å². The normalized spacial score (nSPS) is 19.7. The fourth-order valence-electron chi connectivity index (χ4n) is 3.64. The molecule has 154 valence electrons. The Balaban J connectivity index is 1.61. The number of hydrogen-bond acceptors (Lipinski definition) is 4. The molecule has 2 fully saturated rings. The summed E-state index contributed by atoms with van der Waals surface area (Å²) in [5.74, 6) is -0.460. The van der Waals surface area contributed by atoms with E-state index in [2.05, 4.69) is 10.6 Å². The second-order valence-corrected chi connectivity index (χ2v) is 7.17. The van der Waals surface area contributed by atoms with Crippen molar-refractivity contribution < 1.29 is 22.8 Å². The van der Waals surface area contributed by atoms with Gasteiger partial charge in [0.15, 0.2) is 0 Å². The van der Waals surface area contributed by atoms with Crippen LogP contribution in [0.2, 0.25) is 0 Å². The summed E-state index contributed by atoms with van der Waals surface area (Å²) in [4.78, 5) is 27.2. The molecule has 2 aliphatic heterocycles. The molecule has 0 radical (unpaired) electrons. The SMILES string of the molecule is O=C(NCC(N1CCNCC1)C(F)(F)F)c1cccc(CN2CCCC2=O)c1. The zero-order valence-electron chi connectivity index (χ0n) is 15.6. The third kappa shape index (κ3) is 5.23. The van der Waals surface area contributed by atoms with Gasteiger partial charge >= 0.3 is 6.18 Å². The molecule has 9 heteroatoms. The molecule has 3 rings (SSSR count). The Kier molecular flexibility index (Phi) is 6.56. The van der Waals surface area contributed by atoms with Crippen LogP contribution in [0.15, 0.2) is 24.3 Å². The average Bonchev–Trinajstić information content (AvgIpc) is 3.06. The van der Waals surface area contributed by atoms with Crippen molar-refractivity contribution in [3.63, 3.8) is 0 Å². The fourth-order valence-corrected chi connectivity index (χ4v) is 3.64. The van der Waals surface area contributed by atoms with Crippen LogP contribution in [0.3, 0.4) is 0 Å². The molecule has 0 spiro atoms. The van der Waals surface area contributed by atoms with Gasteiger partial charge in [0.05, 0.1) is 0 Å². The molecule has 2 heterocycles. The minimum Gasteiger partial charge on any atom is -0.350 e. The quantitative estimate of drug-likeness (QED) is 0.760. The second kappa shape index (κ2) is 8.91. The van der Waals surface area contributed by atoms with Crippen molar-refractivity contribution in [2.75, 3.05) is 39.3 Å². The van der Waals surface area contributed by atoms with Gasteiger partial charge in [0, 0.05) is 57.8 Å². The van der Waals surface area contributed by atoms with Crippen molar-refractivity contribution in [2.24, 2.45) is 0 Å². The number of amides is 2. The average molecular weight is 398 g/mol. The van der Waals surface area contributed by atoms with Gasteiger partial charge in [0.1, 0.15) is 6.04 Å². The van der Waals surface area contributed by atoms with Gasteiger partial charge in [-0.3, -0.25) is 14.5 Å². The number of carbonyl (C=O) groups is 2. The maximum absolute atomic E-state index is 13.4. The lowest BCUT2D eigenvalue weighted by Crippen LogP contribution is -2.57. The van der Waals surface area contributed by atoms with E-state index in [1.165, 1.54) is 4.90 Å². The minimum absolute atomic E-state index is 0.0823. The molecule has 1 atom stereocenters. The van der Waals surface area contributed by atoms with E-state index >= 15 is 0 Å². The van der Waals surface area contributed by atoms with E-state index in [0.29, 0.717) is 51.3 Å². The number of nitrogens with zero attached hydrogens (tertiary/aromatic N) is 2. The summed E-state index contributed by atoms with van der Waals surface area (Å²) in [6.45, 7) is 2.19. The second-order valence-electron chi connectivity index (χ2n) is 7.17. The van der Waals surface area contributed by atoms with Gasteiger partial charge in [0.2, 0.25) is 5.91 Å². The van der Waals surface area contributed by atoms with Crippen molar-refractivity contribution >= 4 is 11.8 Å². The number of alkyl halides is 3. The highest BCUT2D eigenvalue weighted by Crippen LogP contribution is 2.25. The first-order valence-corrected chi connectivity index (χ1v) is 9.51. The number of piperazine rings is 1. The molecule has 2 aliphatic rings. The van der Waals surface area contributed by atoms with Crippen LogP contribution < -0.4 is 10.6 Å². The van der Waals surface area contributed by atoms with Gasteiger partial charge < -0.3 is 15.5 Å². The van der Waals surface area contributed by atoms with Crippen LogP contribution in [-0.2, 0) is 11.3 Å². The molecule has 0 saturated carbocycles. The van der Waals surface area contributed by atoms with Gasteiger partial charge in [-0.1, -0.05) is 12.1 Å². The Morgan fingerprint density at radius 1 is 1.21 bits per heavy atom. The topological polar surface area (TPSA) is 64.7 Å². The molecule has 28 heavy (non-hydrogen) atoms. The zero-order valence-corrected chi connectivity index (χ0v) is 15.6. The summed E-state index contributed by atoms with van der Waals surface area (Å²) in [6, 6.07) is 4.99. The van der Waals surface area contributed by atoms with Crippen LogP contribution in [0.4, 0.5) is 13.2 Å². The van der Waals surface area contributed by atoms with E-state index in [1.54, 1.807) is 23.1 Å². The molecule has 1 aromatic rings. The van der Waals surface area contributed by atoms with Gasteiger partial charge in [-0.25, -0.2) is 0 Å². The van der Waals surface area contributed by atoms with Crippen LogP contribution in [0, 0.1) is 0 Å². The third-order valence-electron chi connectivity index (χ3n) is 5.16. The van der Waals surface area contributed by atoms with Crippen molar-refractivity contribution in [2.45, 2.75) is 31.6 Å². The van der Waals surface area contributed by atoms with Gasteiger partial charge in [-0.2, -0.15) is 13.2 Å². The number of carbonyl (C=O) groups excluding carboxylic acids is 2. The van der Waals surface area contributed by atoms with Crippen LogP contribution in [-0.4, -0.2) is 73.1 Å². The summed E-state index contributed by atoms with van der Waals surface area (Å²) >= 11 is 0. The molecule has 1 unspecified atom stereocenters. The summed E-state index contributed by atoms with van der Waals surface area (Å²) in [5, 5.41) is 5.46. The number of benzene rings is 1. The molecule has 2 saturated heterocycles. The van der Waals surface area contributed by atoms with E-state index in [4.69, 9.17) is 0 Å². The summed E-state index contributed by atoms with van der Waals surface area (Å²) in [7, 11) is 0. The smallest absolute Gasteiger partial charge is 0.350 e. The molecule has 0 aromatic heterocycles. The van der Waals surface area contributed by atoms with E-state index in [1.807, 2.05) is 6.07 Å². The Hall–Kier alpha value is -2.13. The number of rotatable bonds is 6. The molecule has 1 aromatic carbocycles. The fraction of sp³-hybridized carbons (Fsp3) is 0.579. The van der Waals surface area contributed by atoms with Crippen LogP contribution in [0.5, 0.6) is 0 Å². The largest absolute Gasteiger partial charge is 0.405 e. The van der Waals surface area contributed by atoms with E-state index in [9.17, 15) is 22.8 Å². The lowest BCUT2D eigenvalue weighted by molar-refractivity contribution is -0.183. The van der Waals surface area contributed by atoms with Crippen molar-refractivity contribution in [3.8, 4) is 0 Å². The Morgan fingerprint density at radius 3 is 2.61 bits per heavy atom. The van der Waals surface area contributed by atoms with Crippen LogP contribution in [0.25, 0.3) is 0 Å². The summed E-state index contributed by atoms with van der Waals surface area (Å²) in [6.07, 6.45) is -3.06. The van der Waals surface area contributed by atoms with Gasteiger partial charge in [0.25, 0.3) is 5.91 Å². The highest BCUT2D eigenvalue weighted by atomic mass is 19.4. The van der Waals surface area contributed by atoms with Crippen LogP contribution in [0.1, 0.15) is 28.8 Å². The Labute approximate surface area is 162 Å². The molecule has 0 aliphatic carbocycles. The molecule has 6 nitrogen and oxygen atoms in total. The van der Waals surface area contributed by atoms with Gasteiger partial charge in [-0.15, -0.1) is 0 Å². The number of hydrogen-bond donors (Lipinski definition) is 2. The maximum Gasteiger partial charge on any atom is 0.405 e. The molecular weight excluding hydrogens is 373 g/mol. The van der Waals surface area contributed by atoms with Crippen LogP contribution >= 0.6 is 0 Å². The highest BCUT2D eigenvalue weighted by molar-refractivity contribution is 5.94. The van der Waals surface area contributed by atoms with E-state index in [0.717, 1.165) is 12.0 Å². The van der Waals surface area contributed by atoms with Crippen molar-refractivity contribution in [1.82, 2.24) is 20.4 Å². The molecule has 0 bridgehead atoms. The summed E-state index contributed by atoms with van der Waals surface area (Å²) < 4.78 is 40.3. The highest BCUT2D eigenvalue weighted by Gasteiger charge is 2.43. The van der Waals surface area contributed by atoms with Gasteiger partial charge in [-0.05, 0) is 24.1 Å². The minimum atomic E-state index is -4.41. The van der Waals surface area contributed by atoms with E-state index in [-0.39, 0.29) is 5.91 Å². The number of likely N-dealkylation sites (tertiary alicyclic amines) is 1. The predicted molar refractivity (Wildman–Crippen MR) is 97.7 cm³/mol. The number of nitrogens with one attached hydrogen (secondary N) is 2. The molecule has 2 amide bonds. The number of halogens is 3. The maximum atomic E-state index is 13.4. The lowest BCUT2D eigenvalue weighted by atomic mass is 10.1. The first-order chi connectivity index (χ1) is 13.3. The standard InChI is InChI=1S/C19H25F3N4O2/c20-19(21,22)16(25-9-6-23-7-10-25)12-24-18(28)15-4-1-3-14(11-15)13-26-8-2-5-17(26)27/h1,3-4,11,16,23H,2,5-10,12-13H2,(H,24,28). The zero-order chi connectivity index (χ0) is 20.1. The van der Waals surface area contributed by atoms with Crippen molar-refractivity contribution in [3.05, 3.63) is 35.4 Å². The first-order valence-electron chi connectivity index (χ1n) is 9.51.